The molecule has 0 spiro atoms. The molecule has 1 aliphatic heterocycles. The highest BCUT2D eigenvalue weighted by atomic mass is 35.5. The highest BCUT2D eigenvalue weighted by Crippen LogP contribution is 2.28. The molecule has 1 fully saturated rings. The van der Waals surface area contributed by atoms with Gasteiger partial charge in [0.15, 0.2) is 0 Å². The summed E-state index contributed by atoms with van der Waals surface area (Å²) in [5.41, 5.74) is 1.39. The van der Waals surface area contributed by atoms with Crippen LogP contribution in [0.2, 0.25) is 5.02 Å². The summed E-state index contributed by atoms with van der Waals surface area (Å²) in [5, 5.41) is 2.76. The predicted octanol–water partition coefficient (Wildman–Crippen LogP) is 6.20. The van der Waals surface area contributed by atoms with Crippen LogP contribution in [0.5, 0.6) is 5.75 Å². The maximum atomic E-state index is 13.6. The minimum Gasteiger partial charge on any atom is -0.497 e. The molecular weight excluding hydrogens is 480 g/mol. The molecule has 182 valence electrons. The highest BCUT2D eigenvalue weighted by Gasteiger charge is 2.44. The normalized spacial score (nSPS) is 17.5. The summed E-state index contributed by atoms with van der Waals surface area (Å²) in [5.74, 6) is 0.972. The molecule has 1 saturated heterocycles. The van der Waals surface area contributed by atoms with Crippen molar-refractivity contribution in [3.63, 3.8) is 0 Å². The Morgan fingerprint density at radius 3 is 2.64 bits per heavy atom. The lowest BCUT2D eigenvalue weighted by Crippen LogP contribution is -2.47. The van der Waals surface area contributed by atoms with Crippen LogP contribution < -0.4 is 10.1 Å². The molecule has 2 atom stereocenters. The summed E-state index contributed by atoms with van der Waals surface area (Å²) < 4.78 is 50.8. The fourth-order valence-electron chi connectivity index (χ4n) is 3.87. The minimum absolute atomic E-state index is 0. The van der Waals surface area contributed by atoms with Gasteiger partial charge in [0.2, 0.25) is 6.10 Å². The molecule has 3 rings (SSSR count). The van der Waals surface area contributed by atoms with Gasteiger partial charge in [-0.05, 0) is 73.7 Å². The van der Waals surface area contributed by atoms with Gasteiger partial charge in [0.25, 0.3) is 0 Å². The van der Waals surface area contributed by atoms with Crippen molar-refractivity contribution < 1.29 is 27.4 Å². The molecule has 0 aliphatic carbocycles. The van der Waals surface area contributed by atoms with E-state index in [9.17, 15) is 18.0 Å². The van der Waals surface area contributed by atoms with Crippen LogP contribution in [0.15, 0.2) is 48.5 Å². The maximum absolute atomic E-state index is 13.6. The molecule has 1 unspecified atom stereocenters. The minimum atomic E-state index is -4.67. The summed E-state index contributed by atoms with van der Waals surface area (Å²) >= 11 is 5.77. The number of carbonyl (C=O) groups is 1. The van der Waals surface area contributed by atoms with Crippen LogP contribution in [0.3, 0.4) is 0 Å². The number of methoxy groups -OCH3 is 1. The third-order valence-corrected chi connectivity index (χ3v) is 5.64. The van der Waals surface area contributed by atoms with E-state index in [0.717, 1.165) is 30.6 Å². The lowest BCUT2D eigenvalue weighted by Gasteiger charge is -2.35. The zero-order valence-corrected chi connectivity index (χ0v) is 19.7. The first-order valence-corrected chi connectivity index (χ1v) is 10.8. The number of nitrogens with zero attached hydrogens (tertiary/aromatic N) is 1. The number of hydrogen-bond donors (Lipinski definition) is 1. The maximum Gasteiger partial charge on any atom is 0.426 e. The Kier molecular flexibility index (Phi) is 10.1. The second-order valence-corrected chi connectivity index (χ2v) is 8.33. The van der Waals surface area contributed by atoms with Gasteiger partial charge < -0.3 is 9.47 Å². The van der Waals surface area contributed by atoms with Gasteiger partial charge >= 0.3 is 12.3 Å². The molecule has 1 heterocycles. The van der Waals surface area contributed by atoms with Crippen LogP contribution in [-0.2, 0) is 11.2 Å². The van der Waals surface area contributed by atoms with Gasteiger partial charge in [-0.25, -0.2) is 4.79 Å². The number of rotatable bonds is 7. The number of hydrogen-bond acceptors (Lipinski definition) is 4. The quantitative estimate of drug-likeness (QED) is 0.485. The fraction of sp³-hybridized carbons (Fsp3) is 0.435. The van der Waals surface area contributed by atoms with E-state index in [1.165, 1.54) is 24.3 Å². The molecule has 2 aromatic rings. The summed E-state index contributed by atoms with van der Waals surface area (Å²) in [6.07, 6.45) is -5.57. The van der Waals surface area contributed by atoms with Gasteiger partial charge in [-0.1, -0.05) is 23.7 Å². The molecular formula is C23H27Cl2F3N2O3. The zero-order chi connectivity index (χ0) is 23.1. The number of piperidine rings is 1. The standard InChI is InChI=1S/C23H26ClF3N2O3.ClH/c1-31-20-6-2-4-16(13-20)12-17-5-3-11-29(14-17)15-21(23(25,26)27)32-22(30)28-19-9-7-18(24)8-10-19;/h2,4,6-10,13,17,21H,3,5,11-12,14-15H2,1H3,(H,28,30);1H/t17-,21?;/m0./s1. The van der Waals surface area contributed by atoms with Crippen LogP contribution in [-0.4, -0.2) is 50.0 Å². The number of benzene rings is 2. The van der Waals surface area contributed by atoms with Crippen molar-refractivity contribution in [2.45, 2.75) is 31.5 Å². The Morgan fingerprint density at radius 2 is 1.97 bits per heavy atom. The summed E-state index contributed by atoms with van der Waals surface area (Å²) in [4.78, 5) is 13.8. The number of halogens is 5. The van der Waals surface area contributed by atoms with E-state index < -0.39 is 24.9 Å². The van der Waals surface area contributed by atoms with Crippen molar-refractivity contribution in [1.82, 2.24) is 4.90 Å². The largest absolute Gasteiger partial charge is 0.497 e. The lowest BCUT2D eigenvalue weighted by molar-refractivity contribution is -0.207. The van der Waals surface area contributed by atoms with E-state index in [1.807, 2.05) is 24.3 Å². The molecule has 33 heavy (non-hydrogen) atoms. The fourth-order valence-corrected chi connectivity index (χ4v) is 3.99. The van der Waals surface area contributed by atoms with Crippen LogP contribution in [0.4, 0.5) is 23.7 Å². The van der Waals surface area contributed by atoms with Gasteiger partial charge in [0.05, 0.1) is 7.11 Å². The van der Waals surface area contributed by atoms with Crippen LogP contribution in [0.25, 0.3) is 0 Å². The SMILES string of the molecule is COc1cccc(C[C@@H]2CCCN(CC(OC(=O)Nc3ccc(Cl)cc3)C(F)(F)F)C2)c1.Cl. The van der Waals surface area contributed by atoms with Crippen molar-refractivity contribution >= 4 is 35.8 Å². The van der Waals surface area contributed by atoms with E-state index in [0.29, 0.717) is 23.8 Å². The molecule has 1 amide bonds. The van der Waals surface area contributed by atoms with E-state index >= 15 is 0 Å². The molecule has 0 saturated carbocycles. The topological polar surface area (TPSA) is 50.8 Å². The monoisotopic (exact) mass is 506 g/mol. The molecule has 0 radical (unpaired) electrons. The number of nitrogens with one attached hydrogen (secondary N) is 1. The first-order chi connectivity index (χ1) is 15.2. The smallest absolute Gasteiger partial charge is 0.426 e. The van der Waals surface area contributed by atoms with Gasteiger partial charge in [0.1, 0.15) is 5.75 Å². The third kappa shape index (κ3) is 8.61. The Bertz CT molecular complexity index is 897. The molecule has 2 aromatic carbocycles. The summed E-state index contributed by atoms with van der Waals surface area (Å²) in [6, 6.07) is 13.7. The van der Waals surface area contributed by atoms with Crippen LogP contribution >= 0.6 is 24.0 Å². The van der Waals surface area contributed by atoms with E-state index in [-0.39, 0.29) is 18.3 Å². The van der Waals surface area contributed by atoms with Crippen LogP contribution in [0.1, 0.15) is 18.4 Å². The average Bonchev–Trinajstić information content (AvgIpc) is 2.75. The Hall–Kier alpha value is -2.16. The highest BCUT2D eigenvalue weighted by molar-refractivity contribution is 6.30. The van der Waals surface area contributed by atoms with Gasteiger partial charge in [0, 0.05) is 23.8 Å². The predicted molar refractivity (Wildman–Crippen MR) is 125 cm³/mol. The Labute approximate surface area is 202 Å². The first-order valence-electron chi connectivity index (χ1n) is 10.4. The van der Waals surface area contributed by atoms with Crippen molar-refractivity contribution in [1.29, 1.82) is 0 Å². The molecule has 1 aliphatic rings. The van der Waals surface area contributed by atoms with Crippen molar-refractivity contribution in [2.75, 3.05) is 32.1 Å². The van der Waals surface area contributed by atoms with Crippen molar-refractivity contribution in [3.05, 3.63) is 59.1 Å². The third-order valence-electron chi connectivity index (χ3n) is 5.39. The number of amides is 1. The molecule has 0 bridgehead atoms. The molecule has 10 heteroatoms. The number of carbonyl (C=O) groups excluding carboxylic acids is 1. The second-order valence-electron chi connectivity index (χ2n) is 7.89. The second kappa shape index (κ2) is 12.3. The van der Waals surface area contributed by atoms with Crippen molar-refractivity contribution in [3.8, 4) is 5.75 Å². The number of alkyl halides is 3. The Morgan fingerprint density at radius 1 is 1.24 bits per heavy atom. The van der Waals surface area contributed by atoms with E-state index in [1.54, 1.807) is 12.0 Å². The first kappa shape index (κ1) is 27.1. The zero-order valence-electron chi connectivity index (χ0n) is 18.1. The summed E-state index contributed by atoms with van der Waals surface area (Å²) in [7, 11) is 1.60. The van der Waals surface area contributed by atoms with E-state index in [4.69, 9.17) is 21.1 Å². The Balaban J connectivity index is 0.00000385. The van der Waals surface area contributed by atoms with Gasteiger partial charge in [-0.15, -0.1) is 12.4 Å². The molecule has 1 N–H and O–H groups in total. The average molecular weight is 507 g/mol. The van der Waals surface area contributed by atoms with E-state index in [2.05, 4.69) is 5.32 Å². The van der Waals surface area contributed by atoms with Gasteiger partial charge in [-0.3, -0.25) is 10.2 Å². The summed E-state index contributed by atoms with van der Waals surface area (Å²) in [6.45, 7) is 0.640. The number of anilines is 1. The van der Waals surface area contributed by atoms with Crippen molar-refractivity contribution in [2.24, 2.45) is 5.92 Å². The molecule has 5 nitrogen and oxygen atoms in total. The lowest BCUT2D eigenvalue weighted by atomic mass is 9.91. The molecule has 0 aromatic heterocycles. The number of likely N-dealkylation sites (tertiary alicyclic amines) is 1. The van der Waals surface area contributed by atoms with Gasteiger partial charge in [-0.2, -0.15) is 13.2 Å². The van der Waals surface area contributed by atoms with Crippen LogP contribution in [0, 0.1) is 5.92 Å². The number of ether oxygens (including phenoxy) is 2.